The van der Waals surface area contributed by atoms with Gasteiger partial charge in [0.05, 0.1) is 18.5 Å². The lowest BCUT2D eigenvalue weighted by atomic mass is 10.1. The van der Waals surface area contributed by atoms with Gasteiger partial charge in [0.1, 0.15) is 10.1 Å². The molecule has 0 aliphatic carbocycles. The Labute approximate surface area is 124 Å². The van der Waals surface area contributed by atoms with Crippen molar-refractivity contribution in [2.24, 2.45) is 13.0 Å². The molecule has 1 aliphatic rings. The van der Waals surface area contributed by atoms with Gasteiger partial charge in [-0.2, -0.15) is 0 Å². The number of pyridine rings is 1. The maximum atomic E-state index is 11.1. The SMILES string of the molecule is Cn1cnc2cc(Br)nc(OCC[C@H]3CNC(=O)C3)c21. The van der Waals surface area contributed by atoms with E-state index >= 15 is 0 Å². The first-order valence-corrected chi connectivity index (χ1v) is 7.30. The number of amides is 1. The number of nitrogens with one attached hydrogen (secondary N) is 1. The maximum Gasteiger partial charge on any atom is 0.241 e. The molecule has 20 heavy (non-hydrogen) atoms. The molecule has 1 amide bonds. The van der Waals surface area contributed by atoms with Crippen molar-refractivity contribution in [2.45, 2.75) is 12.8 Å². The van der Waals surface area contributed by atoms with Crippen molar-refractivity contribution in [2.75, 3.05) is 13.2 Å². The third-order valence-corrected chi connectivity index (χ3v) is 3.87. The van der Waals surface area contributed by atoms with Crippen molar-refractivity contribution in [3.63, 3.8) is 0 Å². The number of rotatable bonds is 4. The van der Waals surface area contributed by atoms with Gasteiger partial charge in [-0.3, -0.25) is 4.79 Å². The number of nitrogens with zero attached hydrogens (tertiary/aromatic N) is 3. The van der Waals surface area contributed by atoms with E-state index in [2.05, 4.69) is 31.2 Å². The Hall–Kier alpha value is -1.63. The van der Waals surface area contributed by atoms with Crippen molar-refractivity contribution in [3.8, 4) is 5.88 Å². The van der Waals surface area contributed by atoms with Crippen LogP contribution in [-0.2, 0) is 11.8 Å². The number of aromatic nitrogens is 3. The van der Waals surface area contributed by atoms with E-state index in [1.54, 1.807) is 6.33 Å². The molecule has 1 atom stereocenters. The van der Waals surface area contributed by atoms with Gasteiger partial charge in [-0.05, 0) is 34.3 Å². The lowest BCUT2D eigenvalue weighted by Crippen LogP contribution is -2.14. The number of fused-ring (bicyclic) bond motifs is 1. The molecule has 0 bridgehead atoms. The predicted octanol–water partition coefficient (Wildman–Crippen LogP) is 1.64. The first kappa shape index (κ1) is 13.4. The lowest BCUT2D eigenvalue weighted by molar-refractivity contribution is -0.119. The van der Waals surface area contributed by atoms with E-state index < -0.39 is 0 Å². The summed E-state index contributed by atoms with van der Waals surface area (Å²) in [6, 6.07) is 1.86. The van der Waals surface area contributed by atoms with E-state index in [0.717, 1.165) is 24.0 Å². The Morgan fingerprint density at radius 2 is 2.45 bits per heavy atom. The Morgan fingerprint density at radius 3 is 3.20 bits per heavy atom. The molecule has 1 fully saturated rings. The lowest BCUT2D eigenvalue weighted by Gasteiger charge is -2.10. The smallest absolute Gasteiger partial charge is 0.241 e. The van der Waals surface area contributed by atoms with Gasteiger partial charge in [-0.15, -0.1) is 0 Å². The van der Waals surface area contributed by atoms with Gasteiger partial charge < -0.3 is 14.6 Å². The van der Waals surface area contributed by atoms with Crippen molar-refractivity contribution < 1.29 is 9.53 Å². The zero-order valence-corrected chi connectivity index (χ0v) is 12.7. The van der Waals surface area contributed by atoms with Gasteiger partial charge in [0.25, 0.3) is 0 Å². The van der Waals surface area contributed by atoms with Crippen LogP contribution >= 0.6 is 15.9 Å². The third-order valence-electron chi connectivity index (χ3n) is 3.46. The normalized spacial score (nSPS) is 18.5. The summed E-state index contributed by atoms with van der Waals surface area (Å²) in [7, 11) is 1.91. The van der Waals surface area contributed by atoms with Gasteiger partial charge in [0.2, 0.25) is 11.8 Å². The molecule has 0 spiro atoms. The highest BCUT2D eigenvalue weighted by molar-refractivity contribution is 9.10. The van der Waals surface area contributed by atoms with Crippen molar-refractivity contribution in [1.82, 2.24) is 19.9 Å². The Balaban J connectivity index is 1.70. The minimum absolute atomic E-state index is 0.129. The van der Waals surface area contributed by atoms with Crippen LogP contribution in [-0.4, -0.2) is 33.6 Å². The molecule has 0 saturated carbocycles. The summed E-state index contributed by atoms with van der Waals surface area (Å²) in [5.41, 5.74) is 1.73. The van der Waals surface area contributed by atoms with Crippen LogP contribution in [0.25, 0.3) is 11.0 Å². The molecule has 2 aromatic rings. The summed E-state index contributed by atoms with van der Waals surface area (Å²) in [6.45, 7) is 1.29. The molecule has 106 valence electrons. The molecule has 1 aliphatic heterocycles. The molecule has 1 saturated heterocycles. The summed E-state index contributed by atoms with van der Waals surface area (Å²) < 4.78 is 8.39. The average Bonchev–Trinajstić information content (AvgIpc) is 2.96. The number of ether oxygens (including phenoxy) is 1. The number of hydrogen-bond donors (Lipinski definition) is 1. The van der Waals surface area contributed by atoms with Gasteiger partial charge >= 0.3 is 0 Å². The fourth-order valence-electron chi connectivity index (χ4n) is 2.40. The minimum atomic E-state index is 0.129. The zero-order valence-electron chi connectivity index (χ0n) is 11.1. The molecule has 3 rings (SSSR count). The summed E-state index contributed by atoms with van der Waals surface area (Å²) in [4.78, 5) is 19.8. The van der Waals surface area contributed by atoms with Crippen LogP contribution in [0.1, 0.15) is 12.8 Å². The molecule has 1 N–H and O–H groups in total. The fourth-order valence-corrected chi connectivity index (χ4v) is 2.78. The number of carbonyl (C=O) groups is 1. The van der Waals surface area contributed by atoms with Crippen LogP contribution in [0.2, 0.25) is 0 Å². The Kier molecular flexibility index (Phi) is 3.60. The summed E-state index contributed by atoms with van der Waals surface area (Å²) in [6.07, 6.45) is 3.17. The van der Waals surface area contributed by atoms with Crippen LogP contribution in [0.5, 0.6) is 5.88 Å². The largest absolute Gasteiger partial charge is 0.476 e. The Bertz CT molecular complexity index is 655. The number of halogens is 1. The van der Waals surface area contributed by atoms with Gasteiger partial charge in [0.15, 0.2) is 0 Å². The van der Waals surface area contributed by atoms with Gasteiger partial charge in [-0.1, -0.05) is 0 Å². The second-order valence-corrected chi connectivity index (χ2v) is 5.80. The van der Waals surface area contributed by atoms with Crippen LogP contribution < -0.4 is 10.1 Å². The Morgan fingerprint density at radius 1 is 1.60 bits per heavy atom. The predicted molar refractivity (Wildman–Crippen MR) is 77.4 cm³/mol. The molecule has 3 heterocycles. The molecule has 7 heteroatoms. The van der Waals surface area contributed by atoms with E-state index in [0.29, 0.717) is 29.4 Å². The fraction of sp³-hybridized carbons (Fsp3) is 0.462. The van der Waals surface area contributed by atoms with E-state index in [-0.39, 0.29) is 5.91 Å². The van der Waals surface area contributed by atoms with Gasteiger partial charge in [0, 0.05) is 20.0 Å². The number of aryl methyl sites for hydroxylation is 1. The second-order valence-electron chi connectivity index (χ2n) is 4.98. The summed E-state index contributed by atoms with van der Waals surface area (Å²) >= 11 is 3.36. The van der Waals surface area contributed by atoms with E-state index in [9.17, 15) is 4.79 Å². The first-order chi connectivity index (χ1) is 9.63. The molecule has 0 aromatic carbocycles. The molecular weight excluding hydrogens is 324 g/mol. The number of imidazole rings is 1. The topological polar surface area (TPSA) is 69.0 Å². The van der Waals surface area contributed by atoms with Crippen LogP contribution in [0.4, 0.5) is 0 Å². The average molecular weight is 339 g/mol. The van der Waals surface area contributed by atoms with Gasteiger partial charge in [-0.25, -0.2) is 9.97 Å². The van der Waals surface area contributed by atoms with Crippen LogP contribution in [0.15, 0.2) is 17.0 Å². The highest BCUT2D eigenvalue weighted by Crippen LogP contribution is 2.26. The molecule has 2 aromatic heterocycles. The van der Waals surface area contributed by atoms with Crippen molar-refractivity contribution in [1.29, 1.82) is 0 Å². The number of carbonyl (C=O) groups excluding carboxylic acids is 1. The standard InChI is InChI=1S/C13H15BrN4O2/c1-18-7-16-9-5-10(14)17-13(12(9)18)20-3-2-8-4-11(19)15-6-8/h5,7-8H,2-4,6H2,1H3,(H,15,19)/t8-/m1/s1. The molecule has 6 nitrogen and oxygen atoms in total. The van der Waals surface area contributed by atoms with Crippen molar-refractivity contribution in [3.05, 3.63) is 17.0 Å². The second kappa shape index (κ2) is 5.40. The zero-order chi connectivity index (χ0) is 14.1. The first-order valence-electron chi connectivity index (χ1n) is 6.50. The van der Waals surface area contributed by atoms with Crippen LogP contribution in [0.3, 0.4) is 0 Å². The molecule has 0 unspecified atom stereocenters. The third kappa shape index (κ3) is 2.63. The summed E-state index contributed by atoms with van der Waals surface area (Å²) in [5.74, 6) is 1.06. The minimum Gasteiger partial charge on any atom is -0.476 e. The highest BCUT2D eigenvalue weighted by atomic mass is 79.9. The number of hydrogen-bond acceptors (Lipinski definition) is 4. The summed E-state index contributed by atoms with van der Waals surface area (Å²) in [5, 5.41) is 2.83. The van der Waals surface area contributed by atoms with E-state index in [4.69, 9.17) is 4.74 Å². The van der Waals surface area contributed by atoms with E-state index in [1.807, 2.05) is 17.7 Å². The quantitative estimate of drug-likeness (QED) is 0.860. The van der Waals surface area contributed by atoms with Crippen LogP contribution in [0, 0.1) is 5.92 Å². The van der Waals surface area contributed by atoms with E-state index in [1.165, 1.54) is 0 Å². The monoisotopic (exact) mass is 338 g/mol. The molecule has 0 radical (unpaired) electrons. The highest BCUT2D eigenvalue weighted by Gasteiger charge is 2.21. The maximum absolute atomic E-state index is 11.1. The molecular formula is C13H15BrN4O2. The van der Waals surface area contributed by atoms with Crippen molar-refractivity contribution >= 4 is 32.9 Å².